The van der Waals surface area contributed by atoms with Crippen molar-refractivity contribution in [2.75, 3.05) is 0 Å². The van der Waals surface area contributed by atoms with Gasteiger partial charge in [-0.3, -0.25) is 4.79 Å². The molecule has 2 nitrogen and oxygen atoms in total. The fourth-order valence-electron chi connectivity index (χ4n) is 1.26. The summed E-state index contributed by atoms with van der Waals surface area (Å²) in [6.07, 6.45) is 0.492. The van der Waals surface area contributed by atoms with E-state index in [0.717, 1.165) is 17.4 Å². The molecule has 1 N–H and O–H groups in total. The van der Waals surface area contributed by atoms with E-state index >= 15 is 0 Å². The zero-order chi connectivity index (χ0) is 16.5. The van der Waals surface area contributed by atoms with Crippen molar-refractivity contribution in [1.29, 1.82) is 0 Å². The number of rotatable bonds is 2. The molecule has 2 aromatic carbocycles. The Morgan fingerprint density at radius 1 is 0.750 bits per heavy atom. The summed E-state index contributed by atoms with van der Waals surface area (Å²) >= 11 is 0. The molecular weight excluding hydrogens is 296 g/mol. The van der Waals surface area contributed by atoms with Crippen LogP contribution < -0.4 is 0 Å². The zero-order valence-corrected chi connectivity index (χ0v) is 13.8. The third kappa shape index (κ3) is 18.1. The molecule has 0 aliphatic carbocycles. The first-order chi connectivity index (χ1) is 10.2. The summed E-state index contributed by atoms with van der Waals surface area (Å²) in [7, 11) is 0. The largest absolute Gasteiger partial charge is 0.389 e. The van der Waals surface area contributed by atoms with Crippen LogP contribution in [0.25, 0.3) is 0 Å². The van der Waals surface area contributed by atoms with E-state index in [1.165, 1.54) is 0 Å². The Balaban J connectivity index is -0.0000000754. The van der Waals surface area contributed by atoms with E-state index in [2.05, 4.69) is 0 Å². The molecular formula is C22H40O2. The van der Waals surface area contributed by atoms with Gasteiger partial charge in [-0.2, -0.15) is 0 Å². The number of hydrogen-bond acceptors (Lipinski definition) is 2. The maximum absolute atomic E-state index is 10.0. The van der Waals surface area contributed by atoms with Gasteiger partial charge in [-0.05, 0) is 12.5 Å². The molecule has 0 saturated carbocycles. The maximum atomic E-state index is 10.0. The molecule has 0 aliphatic heterocycles. The van der Waals surface area contributed by atoms with Gasteiger partial charge in [0.2, 0.25) is 0 Å². The summed E-state index contributed by atoms with van der Waals surface area (Å²) in [4.78, 5) is 10.0. The van der Waals surface area contributed by atoms with E-state index in [1.54, 1.807) is 19.1 Å². The topological polar surface area (TPSA) is 37.3 Å². The number of carbonyl (C=O) groups excluding carboxylic acids is 1. The van der Waals surface area contributed by atoms with E-state index in [1.807, 2.05) is 76.2 Å². The van der Waals surface area contributed by atoms with Gasteiger partial charge in [-0.15, -0.1) is 0 Å². The van der Waals surface area contributed by atoms with Gasteiger partial charge in [0.25, 0.3) is 0 Å². The van der Waals surface area contributed by atoms with Crippen LogP contribution in [0.15, 0.2) is 60.7 Å². The summed E-state index contributed by atoms with van der Waals surface area (Å²) < 4.78 is 0. The molecule has 2 aromatic rings. The number of hydrogen-bond donors (Lipinski definition) is 1. The summed E-state index contributed by atoms with van der Waals surface area (Å²) in [6, 6.07) is 18.7. The lowest BCUT2D eigenvalue weighted by molar-refractivity contribution is 0.112. The Morgan fingerprint density at radius 2 is 1.08 bits per heavy atom. The lowest BCUT2D eigenvalue weighted by Gasteiger charge is -2.00. The predicted octanol–water partition coefficient (Wildman–Crippen LogP) is 7.20. The van der Waals surface area contributed by atoms with Gasteiger partial charge >= 0.3 is 0 Å². The maximum Gasteiger partial charge on any atom is 0.150 e. The second-order valence-corrected chi connectivity index (χ2v) is 3.62. The molecule has 0 aliphatic rings. The SMILES string of the molecule is C.C.C.CC.CC.CC(O)c1ccccc1.O=Cc1ccccc1. The lowest BCUT2D eigenvalue weighted by atomic mass is 10.1. The number of benzene rings is 2. The second kappa shape index (κ2) is 26.0. The summed E-state index contributed by atoms with van der Waals surface area (Å²) in [5, 5.41) is 9.02. The quantitative estimate of drug-likeness (QED) is 0.589. The highest BCUT2D eigenvalue weighted by Gasteiger charge is 1.95. The smallest absolute Gasteiger partial charge is 0.150 e. The predicted molar refractivity (Wildman–Crippen MR) is 112 cm³/mol. The summed E-state index contributed by atoms with van der Waals surface area (Å²) in [5.41, 5.74) is 1.70. The minimum Gasteiger partial charge on any atom is -0.389 e. The van der Waals surface area contributed by atoms with Crippen LogP contribution in [0.2, 0.25) is 0 Å². The fraction of sp³-hybridized carbons (Fsp3) is 0.409. The molecule has 0 radical (unpaired) electrons. The summed E-state index contributed by atoms with van der Waals surface area (Å²) in [5.74, 6) is 0. The molecule has 0 spiro atoms. The fourth-order valence-corrected chi connectivity index (χ4v) is 1.26. The van der Waals surface area contributed by atoms with Crippen LogP contribution in [-0.2, 0) is 0 Å². The Morgan fingerprint density at radius 3 is 1.29 bits per heavy atom. The molecule has 2 heteroatoms. The highest BCUT2D eigenvalue weighted by molar-refractivity contribution is 5.74. The molecule has 0 fully saturated rings. The average molecular weight is 337 g/mol. The van der Waals surface area contributed by atoms with Gasteiger partial charge in [-0.25, -0.2) is 0 Å². The number of aliphatic hydroxyl groups excluding tert-OH is 1. The van der Waals surface area contributed by atoms with Crippen LogP contribution in [0.3, 0.4) is 0 Å². The van der Waals surface area contributed by atoms with Gasteiger partial charge in [-0.1, -0.05) is 111 Å². The molecule has 2 rings (SSSR count). The first kappa shape index (κ1) is 33.6. The molecule has 140 valence electrons. The molecule has 0 saturated heterocycles. The molecule has 0 bridgehead atoms. The minimum atomic E-state index is -0.341. The van der Waals surface area contributed by atoms with Crippen molar-refractivity contribution in [2.45, 2.75) is 63.0 Å². The monoisotopic (exact) mass is 336 g/mol. The van der Waals surface area contributed by atoms with E-state index in [0.29, 0.717) is 0 Å². The van der Waals surface area contributed by atoms with Crippen molar-refractivity contribution in [3.63, 3.8) is 0 Å². The number of aliphatic hydroxyl groups is 1. The van der Waals surface area contributed by atoms with Crippen molar-refractivity contribution >= 4 is 6.29 Å². The molecule has 1 atom stereocenters. The Hall–Kier alpha value is -1.93. The highest BCUT2D eigenvalue weighted by atomic mass is 16.3. The van der Waals surface area contributed by atoms with Crippen LogP contribution in [0.5, 0.6) is 0 Å². The number of carbonyl (C=O) groups is 1. The third-order valence-corrected chi connectivity index (χ3v) is 2.22. The van der Waals surface area contributed by atoms with E-state index in [4.69, 9.17) is 5.11 Å². The van der Waals surface area contributed by atoms with Crippen LogP contribution in [0.4, 0.5) is 0 Å². The van der Waals surface area contributed by atoms with Crippen LogP contribution in [0, 0.1) is 0 Å². The molecule has 0 aromatic heterocycles. The minimum absolute atomic E-state index is 0. The number of aldehydes is 1. The summed E-state index contributed by atoms with van der Waals surface area (Å²) in [6.45, 7) is 9.76. The molecule has 24 heavy (non-hydrogen) atoms. The van der Waals surface area contributed by atoms with Crippen molar-refractivity contribution < 1.29 is 9.90 Å². The van der Waals surface area contributed by atoms with E-state index in [-0.39, 0.29) is 28.4 Å². The second-order valence-electron chi connectivity index (χ2n) is 3.62. The van der Waals surface area contributed by atoms with Crippen molar-refractivity contribution in [2.24, 2.45) is 0 Å². The Bertz CT molecular complexity index is 422. The molecule has 1 unspecified atom stereocenters. The first-order valence-corrected chi connectivity index (χ1v) is 7.47. The van der Waals surface area contributed by atoms with Crippen molar-refractivity contribution in [3.05, 3.63) is 71.8 Å². The first-order valence-electron chi connectivity index (χ1n) is 7.47. The zero-order valence-electron chi connectivity index (χ0n) is 13.8. The normalized spacial score (nSPS) is 8.25. The van der Waals surface area contributed by atoms with Gasteiger partial charge in [0.1, 0.15) is 6.29 Å². The third-order valence-electron chi connectivity index (χ3n) is 2.22. The van der Waals surface area contributed by atoms with Gasteiger partial charge in [0.15, 0.2) is 0 Å². The highest BCUT2D eigenvalue weighted by Crippen LogP contribution is 2.09. The standard InChI is InChI=1S/C8H10O.C7H6O.2C2H6.3CH4/c1-7(9)8-5-3-2-4-6-8;8-6-7-4-2-1-3-5-7;2*1-2;;;/h2-7,9H,1H3;1-6H;2*1-2H3;3*1H4. The molecule has 0 amide bonds. The average Bonchev–Trinajstić information content (AvgIpc) is 2.60. The van der Waals surface area contributed by atoms with Crippen LogP contribution >= 0.6 is 0 Å². The van der Waals surface area contributed by atoms with Gasteiger partial charge in [0, 0.05) is 5.56 Å². The van der Waals surface area contributed by atoms with Crippen LogP contribution in [-0.4, -0.2) is 11.4 Å². The van der Waals surface area contributed by atoms with Gasteiger partial charge in [0.05, 0.1) is 6.10 Å². The van der Waals surface area contributed by atoms with Gasteiger partial charge < -0.3 is 5.11 Å². The van der Waals surface area contributed by atoms with Crippen LogP contribution in [0.1, 0.15) is 78.9 Å². The molecule has 0 heterocycles. The lowest BCUT2D eigenvalue weighted by Crippen LogP contribution is -1.87. The Labute approximate surface area is 151 Å². The van der Waals surface area contributed by atoms with Crippen molar-refractivity contribution in [3.8, 4) is 0 Å². The van der Waals surface area contributed by atoms with E-state index < -0.39 is 0 Å². The van der Waals surface area contributed by atoms with E-state index in [9.17, 15) is 4.79 Å². The van der Waals surface area contributed by atoms with Crippen molar-refractivity contribution in [1.82, 2.24) is 0 Å². The Kier molecular flexibility index (Phi) is 36.4.